The first-order valence-corrected chi connectivity index (χ1v) is 11.2. The van der Waals surface area contributed by atoms with Gasteiger partial charge in [0, 0.05) is 11.5 Å². The molecule has 0 saturated heterocycles. The van der Waals surface area contributed by atoms with Gasteiger partial charge in [0.25, 0.3) is 0 Å². The van der Waals surface area contributed by atoms with Crippen LogP contribution in [0.15, 0.2) is 78.9 Å². The van der Waals surface area contributed by atoms with Gasteiger partial charge in [-0.1, -0.05) is 66.3 Å². The number of aryl methyl sites for hydroxylation is 3. The number of rotatable bonds is 4. The predicted octanol–water partition coefficient (Wildman–Crippen LogP) is 5.20. The summed E-state index contributed by atoms with van der Waals surface area (Å²) < 4.78 is 0. The zero-order valence-corrected chi connectivity index (χ0v) is 18.5. The minimum Gasteiger partial charge on any atom is -0.508 e. The van der Waals surface area contributed by atoms with Crippen molar-refractivity contribution in [2.75, 3.05) is 5.32 Å². The lowest BCUT2D eigenvalue weighted by Gasteiger charge is -2.22. The maximum absolute atomic E-state index is 12.9. The van der Waals surface area contributed by atoms with Gasteiger partial charge in [0.2, 0.25) is 5.91 Å². The summed E-state index contributed by atoms with van der Waals surface area (Å²) in [5, 5.41) is 12.9. The standard InChI is InChI=1S/C28H25N3O2/c1-18-8-10-19(11-9-18)16-25(33)30-28-26(20-6-4-2-3-5-7-20)31-27-23-14-13-22(32)17-21(23)12-15-24(27)29-28/h2-11,13-14,17,20,32H,12,15-16H2,1H3,(H,29,30,33). The van der Waals surface area contributed by atoms with Gasteiger partial charge in [-0.15, -0.1) is 0 Å². The van der Waals surface area contributed by atoms with E-state index in [4.69, 9.17) is 9.97 Å². The summed E-state index contributed by atoms with van der Waals surface area (Å²) in [7, 11) is 0. The summed E-state index contributed by atoms with van der Waals surface area (Å²) >= 11 is 0. The Hall–Kier alpha value is -3.99. The van der Waals surface area contributed by atoms with E-state index in [1.54, 1.807) is 12.1 Å². The monoisotopic (exact) mass is 435 g/mol. The topological polar surface area (TPSA) is 75.1 Å². The first-order chi connectivity index (χ1) is 16.1. The van der Waals surface area contributed by atoms with Crippen LogP contribution in [0.4, 0.5) is 5.82 Å². The van der Waals surface area contributed by atoms with Gasteiger partial charge in [-0.2, -0.15) is 0 Å². The fourth-order valence-electron chi connectivity index (χ4n) is 4.28. The third-order valence-electron chi connectivity index (χ3n) is 6.00. The lowest BCUT2D eigenvalue weighted by atomic mass is 9.91. The number of aromatic nitrogens is 2. The van der Waals surface area contributed by atoms with Crippen LogP contribution in [0.5, 0.6) is 5.75 Å². The van der Waals surface area contributed by atoms with Gasteiger partial charge in [0.05, 0.1) is 23.5 Å². The summed E-state index contributed by atoms with van der Waals surface area (Å²) in [4.78, 5) is 22.8. The number of aromatic hydroxyl groups is 1. The number of anilines is 1. The van der Waals surface area contributed by atoms with Crippen molar-refractivity contribution in [1.29, 1.82) is 0 Å². The highest BCUT2D eigenvalue weighted by Gasteiger charge is 2.25. The molecule has 5 heteroatoms. The molecule has 2 aromatic carbocycles. The van der Waals surface area contributed by atoms with E-state index in [-0.39, 0.29) is 24.0 Å². The molecule has 0 aliphatic heterocycles. The summed E-state index contributed by atoms with van der Waals surface area (Å²) in [5.41, 5.74) is 6.56. The molecule has 0 radical (unpaired) electrons. The lowest BCUT2D eigenvalue weighted by molar-refractivity contribution is -0.115. The van der Waals surface area contributed by atoms with Crippen LogP contribution < -0.4 is 5.32 Å². The van der Waals surface area contributed by atoms with Crippen LogP contribution in [-0.4, -0.2) is 21.0 Å². The first-order valence-electron chi connectivity index (χ1n) is 11.2. The van der Waals surface area contributed by atoms with Gasteiger partial charge in [-0.3, -0.25) is 4.79 Å². The number of allylic oxidation sites excluding steroid dienone is 6. The van der Waals surface area contributed by atoms with E-state index in [2.05, 4.69) is 5.32 Å². The van der Waals surface area contributed by atoms with E-state index in [0.717, 1.165) is 40.1 Å². The Morgan fingerprint density at radius 2 is 1.76 bits per heavy atom. The molecule has 0 atom stereocenters. The van der Waals surface area contributed by atoms with Crippen molar-refractivity contribution in [3.05, 3.63) is 107 Å². The maximum atomic E-state index is 12.9. The van der Waals surface area contributed by atoms with Gasteiger partial charge < -0.3 is 10.4 Å². The fourth-order valence-corrected chi connectivity index (χ4v) is 4.28. The van der Waals surface area contributed by atoms with Crippen molar-refractivity contribution in [3.63, 3.8) is 0 Å². The summed E-state index contributed by atoms with van der Waals surface area (Å²) in [6, 6.07) is 13.4. The Bertz CT molecular complexity index is 1290. The number of fused-ring (bicyclic) bond motifs is 3. The molecule has 0 fully saturated rings. The quantitative estimate of drug-likeness (QED) is 0.590. The Balaban J connectivity index is 1.53. The van der Waals surface area contributed by atoms with E-state index in [0.29, 0.717) is 17.9 Å². The van der Waals surface area contributed by atoms with Crippen LogP contribution in [0.1, 0.15) is 34.0 Å². The molecule has 1 aromatic heterocycles. The van der Waals surface area contributed by atoms with Gasteiger partial charge in [-0.25, -0.2) is 9.97 Å². The van der Waals surface area contributed by atoms with Crippen molar-refractivity contribution in [3.8, 4) is 17.0 Å². The molecule has 0 bridgehead atoms. The highest BCUT2D eigenvalue weighted by molar-refractivity contribution is 5.92. The molecule has 5 nitrogen and oxygen atoms in total. The molecule has 2 N–H and O–H groups in total. The van der Waals surface area contributed by atoms with Gasteiger partial charge in [0.1, 0.15) is 5.75 Å². The lowest BCUT2D eigenvalue weighted by Crippen LogP contribution is -2.20. The van der Waals surface area contributed by atoms with E-state index in [1.165, 1.54) is 0 Å². The minimum absolute atomic E-state index is 0.116. The van der Waals surface area contributed by atoms with Crippen LogP contribution in [0.25, 0.3) is 11.3 Å². The number of hydrogen-bond acceptors (Lipinski definition) is 4. The maximum Gasteiger partial charge on any atom is 0.229 e. The van der Waals surface area contributed by atoms with Crippen molar-refractivity contribution in [2.24, 2.45) is 0 Å². The number of carbonyl (C=O) groups excluding carboxylic acids is 1. The number of phenolic OH excluding ortho intramolecular Hbond substituents is 1. The fraction of sp³-hybridized carbons (Fsp3) is 0.179. The molecule has 1 amide bonds. The molecule has 0 unspecified atom stereocenters. The van der Waals surface area contributed by atoms with Gasteiger partial charge >= 0.3 is 0 Å². The molecular weight excluding hydrogens is 410 g/mol. The van der Waals surface area contributed by atoms with E-state index in [1.807, 2.05) is 73.7 Å². The molecule has 2 aliphatic carbocycles. The minimum atomic E-state index is -0.116. The van der Waals surface area contributed by atoms with Crippen molar-refractivity contribution in [2.45, 2.75) is 32.1 Å². The number of amides is 1. The second kappa shape index (κ2) is 8.87. The predicted molar refractivity (Wildman–Crippen MR) is 130 cm³/mol. The molecular formula is C28H25N3O2. The second-order valence-electron chi connectivity index (χ2n) is 8.49. The Kier molecular flexibility index (Phi) is 5.61. The highest BCUT2D eigenvalue weighted by Crippen LogP contribution is 2.36. The molecule has 2 aliphatic rings. The molecule has 5 rings (SSSR count). The van der Waals surface area contributed by atoms with Crippen molar-refractivity contribution >= 4 is 11.7 Å². The normalized spacial score (nSPS) is 14.5. The summed E-state index contributed by atoms with van der Waals surface area (Å²) in [5.74, 6) is 0.533. The van der Waals surface area contributed by atoms with Crippen LogP contribution in [0, 0.1) is 6.92 Å². The molecule has 33 heavy (non-hydrogen) atoms. The zero-order valence-electron chi connectivity index (χ0n) is 18.5. The number of nitrogens with zero attached hydrogens (tertiary/aromatic N) is 2. The van der Waals surface area contributed by atoms with Crippen LogP contribution in [0.3, 0.4) is 0 Å². The van der Waals surface area contributed by atoms with Gasteiger partial charge in [0.15, 0.2) is 5.82 Å². The Morgan fingerprint density at radius 1 is 1.00 bits per heavy atom. The summed E-state index contributed by atoms with van der Waals surface area (Å²) in [6.45, 7) is 2.03. The second-order valence-corrected chi connectivity index (χ2v) is 8.49. The summed E-state index contributed by atoms with van der Waals surface area (Å²) in [6.07, 6.45) is 13.8. The number of benzene rings is 2. The van der Waals surface area contributed by atoms with Crippen molar-refractivity contribution < 1.29 is 9.90 Å². The smallest absolute Gasteiger partial charge is 0.229 e. The highest BCUT2D eigenvalue weighted by atomic mass is 16.3. The van der Waals surface area contributed by atoms with Crippen LogP contribution in [0.2, 0.25) is 0 Å². The molecule has 3 aromatic rings. The molecule has 0 spiro atoms. The molecule has 164 valence electrons. The number of nitrogens with one attached hydrogen (secondary N) is 1. The van der Waals surface area contributed by atoms with E-state index >= 15 is 0 Å². The molecule has 0 saturated carbocycles. The Morgan fingerprint density at radius 3 is 2.52 bits per heavy atom. The first kappa shape index (κ1) is 20.9. The van der Waals surface area contributed by atoms with Crippen LogP contribution >= 0.6 is 0 Å². The third-order valence-corrected chi connectivity index (χ3v) is 6.00. The van der Waals surface area contributed by atoms with Gasteiger partial charge in [-0.05, 0) is 49.1 Å². The molecule has 1 heterocycles. The average Bonchev–Trinajstić information content (AvgIpc) is 3.09. The van der Waals surface area contributed by atoms with Crippen molar-refractivity contribution in [1.82, 2.24) is 9.97 Å². The van der Waals surface area contributed by atoms with E-state index < -0.39 is 0 Å². The largest absolute Gasteiger partial charge is 0.508 e. The number of phenols is 1. The van der Waals surface area contributed by atoms with E-state index in [9.17, 15) is 9.90 Å². The zero-order chi connectivity index (χ0) is 22.8. The SMILES string of the molecule is Cc1ccc(CC(=O)Nc2nc3c(nc2C2C=CC=CC=C2)-c2ccc(O)cc2CC3)cc1. The third kappa shape index (κ3) is 4.48. The Labute approximate surface area is 193 Å². The van der Waals surface area contributed by atoms with Crippen LogP contribution in [-0.2, 0) is 24.1 Å². The number of carbonyl (C=O) groups is 1. The average molecular weight is 436 g/mol. The number of hydrogen-bond donors (Lipinski definition) is 2.